The zero-order valence-electron chi connectivity index (χ0n) is 15.7. The normalized spacial score (nSPS) is 10.5. The summed E-state index contributed by atoms with van der Waals surface area (Å²) in [5.41, 5.74) is 4.84. The third-order valence-electron chi connectivity index (χ3n) is 3.61. The molecule has 1 N–H and O–H groups in total. The van der Waals surface area contributed by atoms with Crippen LogP contribution in [-0.2, 0) is 16.1 Å². The number of rotatable bonds is 10. The third kappa shape index (κ3) is 6.22. The Bertz CT molecular complexity index is 777. The van der Waals surface area contributed by atoms with Crippen molar-refractivity contribution in [2.45, 2.75) is 13.5 Å². The van der Waals surface area contributed by atoms with Gasteiger partial charge in [0.25, 0.3) is 0 Å². The van der Waals surface area contributed by atoms with Crippen molar-refractivity contribution >= 4 is 12.2 Å². The molecular weight excluding hydrogens is 348 g/mol. The van der Waals surface area contributed by atoms with Crippen molar-refractivity contribution in [2.24, 2.45) is 5.10 Å². The van der Waals surface area contributed by atoms with E-state index in [1.165, 1.54) is 7.11 Å². The number of nitrogens with zero attached hydrogens (tertiary/aromatic N) is 1. The van der Waals surface area contributed by atoms with Crippen LogP contribution in [0.3, 0.4) is 0 Å². The van der Waals surface area contributed by atoms with Gasteiger partial charge in [0.15, 0.2) is 18.1 Å². The van der Waals surface area contributed by atoms with Crippen molar-refractivity contribution in [1.82, 2.24) is 5.43 Å². The lowest BCUT2D eigenvalue weighted by Crippen LogP contribution is -2.13. The van der Waals surface area contributed by atoms with Crippen molar-refractivity contribution < 1.29 is 23.7 Å². The second-order valence-electron chi connectivity index (χ2n) is 5.41. The number of benzene rings is 2. The van der Waals surface area contributed by atoms with E-state index in [1.807, 2.05) is 37.3 Å². The zero-order valence-corrected chi connectivity index (χ0v) is 15.7. The Kier molecular flexibility index (Phi) is 7.96. The molecule has 0 bridgehead atoms. The van der Waals surface area contributed by atoms with Crippen LogP contribution in [0.25, 0.3) is 0 Å². The summed E-state index contributed by atoms with van der Waals surface area (Å²) in [6, 6.07) is 13.1. The summed E-state index contributed by atoms with van der Waals surface area (Å²) in [6.07, 6.45) is 1.68. The molecule has 0 saturated carbocycles. The summed E-state index contributed by atoms with van der Waals surface area (Å²) in [5, 5.41) is 4.23. The van der Waals surface area contributed by atoms with Crippen molar-refractivity contribution in [3.8, 4) is 17.2 Å². The molecule has 7 heteroatoms. The minimum absolute atomic E-state index is 0.176. The first kappa shape index (κ1) is 20.1. The highest BCUT2D eigenvalue weighted by molar-refractivity contribution is 5.80. The molecular formula is C20H24N2O5. The highest BCUT2D eigenvalue weighted by Gasteiger charge is 2.09. The van der Waals surface area contributed by atoms with Crippen molar-refractivity contribution in [3.05, 3.63) is 53.6 Å². The highest BCUT2D eigenvalue weighted by Crippen LogP contribution is 2.28. The Balaban J connectivity index is 1.99. The van der Waals surface area contributed by atoms with Crippen LogP contribution in [0.1, 0.15) is 18.1 Å². The molecule has 27 heavy (non-hydrogen) atoms. The average molecular weight is 372 g/mol. The maximum absolute atomic E-state index is 11.2. The Labute approximate surface area is 158 Å². The topological polar surface area (TPSA) is 78.4 Å². The summed E-state index contributed by atoms with van der Waals surface area (Å²) in [6.45, 7) is 2.71. The molecule has 0 aliphatic heterocycles. The third-order valence-corrected chi connectivity index (χ3v) is 3.61. The SMILES string of the molecule is CCOc1cc(/C=N/NCc2ccccc2OC)ccc1OCC(=O)OC. The van der Waals surface area contributed by atoms with E-state index in [1.54, 1.807) is 25.5 Å². The lowest BCUT2D eigenvalue weighted by molar-refractivity contribution is -0.142. The van der Waals surface area contributed by atoms with E-state index >= 15 is 0 Å². The van der Waals surface area contributed by atoms with Gasteiger partial charge in [-0.15, -0.1) is 0 Å². The van der Waals surface area contributed by atoms with E-state index in [9.17, 15) is 4.79 Å². The number of ether oxygens (including phenoxy) is 4. The van der Waals surface area contributed by atoms with Crippen LogP contribution >= 0.6 is 0 Å². The number of esters is 1. The Hall–Kier alpha value is -3.22. The first-order valence-corrected chi connectivity index (χ1v) is 8.52. The van der Waals surface area contributed by atoms with Gasteiger partial charge < -0.3 is 24.4 Å². The van der Waals surface area contributed by atoms with Gasteiger partial charge in [0.05, 0.1) is 33.6 Å². The predicted molar refractivity (Wildman–Crippen MR) is 103 cm³/mol. The van der Waals surface area contributed by atoms with Crippen molar-refractivity contribution in [3.63, 3.8) is 0 Å². The zero-order chi connectivity index (χ0) is 19.5. The summed E-state index contributed by atoms with van der Waals surface area (Å²) in [5.74, 6) is 1.37. The molecule has 7 nitrogen and oxygen atoms in total. The van der Waals surface area contributed by atoms with E-state index in [2.05, 4.69) is 15.3 Å². The molecule has 0 heterocycles. The predicted octanol–water partition coefficient (Wildman–Crippen LogP) is 2.77. The van der Waals surface area contributed by atoms with Crippen LogP contribution in [0.4, 0.5) is 0 Å². The van der Waals surface area contributed by atoms with Gasteiger partial charge in [-0.05, 0) is 36.8 Å². The second kappa shape index (κ2) is 10.7. The van der Waals surface area contributed by atoms with Gasteiger partial charge in [0.1, 0.15) is 5.75 Å². The van der Waals surface area contributed by atoms with Crippen molar-refractivity contribution in [1.29, 1.82) is 0 Å². The first-order chi connectivity index (χ1) is 13.2. The van der Waals surface area contributed by atoms with E-state index in [0.29, 0.717) is 24.7 Å². The number of carbonyl (C=O) groups is 1. The Morgan fingerprint density at radius 3 is 2.63 bits per heavy atom. The average Bonchev–Trinajstić information content (AvgIpc) is 2.70. The van der Waals surface area contributed by atoms with Crippen LogP contribution in [0.15, 0.2) is 47.6 Å². The molecule has 0 amide bonds. The minimum Gasteiger partial charge on any atom is -0.496 e. The minimum atomic E-state index is -0.455. The van der Waals surface area contributed by atoms with Gasteiger partial charge in [0.2, 0.25) is 0 Å². The van der Waals surface area contributed by atoms with Gasteiger partial charge in [-0.2, -0.15) is 5.10 Å². The van der Waals surface area contributed by atoms with Gasteiger partial charge in [-0.3, -0.25) is 0 Å². The molecule has 0 aliphatic rings. The lowest BCUT2D eigenvalue weighted by Gasteiger charge is -2.11. The molecule has 0 aliphatic carbocycles. The smallest absolute Gasteiger partial charge is 0.343 e. The summed E-state index contributed by atoms with van der Waals surface area (Å²) in [4.78, 5) is 11.2. The maximum atomic E-state index is 11.2. The van der Waals surface area contributed by atoms with Gasteiger partial charge in [-0.25, -0.2) is 4.79 Å². The van der Waals surface area contributed by atoms with E-state index in [4.69, 9.17) is 14.2 Å². The molecule has 0 atom stereocenters. The molecule has 0 unspecified atom stereocenters. The Morgan fingerprint density at radius 2 is 1.89 bits per heavy atom. The van der Waals surface area contributed by atoms with E-state index in [-0.39, 0.29) is 6.61 Å². The summed E-state index contributed by atoms with van der Waals surface area (Å²) in [7, 11) is 2.95. The van der Waals surface area contributed by atoms with Crippen molar-refractivity contribution in [2.75, 3.05) is 27.4 Å². The lowest BCUT2D eigenvalue weighted by atomic mass is 10.2. The van der Waals surface area contributed by atoms with Crippen LogP contribution in [0, 0.1) is 0 Å². The largest absolute Gasteiger partial charge is 0.496 e. The molecule has 0 aromatic heterocycles. The molecule has 0 spiro atoms. The van der Waals surface area contributed by atoms with E-state index < -0.39 is 5.97 Å². The monoisotopic (exact) mass is 372 g/mol. The molecule has 2 aromatic carbocycles. The van der Waals surface area contributed by atoms with Crippen LogP contribution in [0.2, 0.25) is 0 Å². The van der Waals surface area contributed by atoms with Crippen LogP contribution < -0.4 is 19.6 Å². The van der Waals surface area contributed by atoms with Gasteiger partial charge in [-0.1, -0.05) is 18.2 Å². The number of methoxy groups -OCH3 is 2. The van der Waals surface area contributed by atoms with Crippen LogP contribution in [0.5, 0.6) is 17.2 Å². The second-order valence-corrected chi connectivity index (χ2v) is 5.41. The molecule has 2 rings (SSSR count). The standard InChI is InChI=1S/C20H24N2O5/c1-4-26-19-11-15(9-10-18(19)27-14-20(23)25-3)12-21-22-13-16-7-5-6-8-17(16)24-2/h5-12,22H,4,13-14H2,1-3H3/b21-12+. The van der Waals surface area contributed by atoms with Gasteiger partial charge in [0, 0.05) is 5.56 Å². The maximum Gasteiger partial charge on any atom is 0.343 e. The molecule has 0 fully saturated rings. The quantitative estimate of drug-likeness (QED) is 0.393. The number of hydrazone groups is 1. The molecule has 2 aromatic rings. The summed E-state index contributed by atoms with van der Waals surface area (Å²) >= 11 is 0. The first-order valence-electron chi connectivity index (χ1n) is 8.52. The highest BCUT2D eigenvalue weighted by atomic mass is 16.6. The number of nitrogens with one attached hydrogen (secondary N) is 1. The fraction of sp³-hybridized carbons (Fsp3) is 0.300. The van der Waals surface area contributed by atoms with E-state index in [0.717, 1.165) is 16.9 Å². The molecule has 0 radical (unpaired) electrons. The fourth-order valence-electron chi connectivity index (χ4n) is 2.29. The molecule has 0 saturated heterocycles. The molecule has 144 valence electrons. The number of hydrogen-bond acceptors (Lipinski definition) is 7. The Morgan fingerprint density at radius 1 is 1.07 bits per heavy atom. The van der Waals surface area contributed by atoms with Gasteiger partial charge >= 0.3 is 5.97 Å². The van der Waals surface area contributed by atoms with Crippen LogP contribution in [-0.4, -0.2) is 39.6 Å². The number of carbonyl (C=O) groups excluding carboxylic acids is 1. The fourth-order valence-corrected chi connectivity index (χ4v) is 2.29. The number of para-hydroxylation sites is 1. The number of hydrogen-bond donors (Lipinski definition) is 1. The summed E-state index contributed by atoms with van der Waals surface area (Å²) < 4.78 is 20.9.